The number of hydrogen-bond acceptors (Lipinski definition) is 9. The lowest BCUT2D eigenvalue weighted by Gasteiger charge is -2.18. The van der Waals surface area contributed by atoms with Crippen molar-refractivity contribution in [3.8, 4) is 17.2 Å². The number of nitro groups is 1. The Kier molecular flexibility index (Phi) is 6.14. The van der Waals surface area contributed by atoms with Crippen LogP contribution in [0.4, 0.5) is 0 Å². The zero-order valence-corrected chi connectivity index (χ0v) is 22.3. The zero-order valence-electron chi connectivity index (χ0n) is 21.5. The molecule has 2 aliphatic heterocycles. The second kappa shape index (κ2) is 9.56. The molecule has 11 nitrogen and oxygen atoms in total. The molecule has 0 aliphatic carbocycles. The van der Waals surface area contributed by atoms with Crippen molar-refractivity contribution in [1.82, 2.24) is 3.97 Å². The topological polar surface area (TPSA) is 136 Å². The maximum absolute atomic E-state index is 13.8. The van der Waals surface area contributed by atoms with E-state index in [1.54, 1.807) is 42.5 Å². The standard InChI is InChI=1S/C28H24N2O9S/c1-16-3-6-19(7-4-16)40(34,35)29-14-18(11-12-30(32)33)24-20(29)8-10-22-25(24)26(28(31)36-2)27(39-22)17-5-9-21-23(13-17)38-15-37-21/h3-10,13-14,26-27H,11-12,15H2,1-2H3/t26-,27+/m1/s1. The van der Waals surface area contributed by atoms with Gasteiger partial charge in [0.15, 0.2) is 11.5 Å². The first-order chi connectivity index (χ1) is 19.2. The molecule has 0 saturated heterocycles. The largest absolute Gasteiger partial charge is 0.484 e. The van der Waals surface area contributed by atoms with E-state index >= 15 is 0 Å². The Bertz CT molecular complexity index is 1780. The van der Waals surface area contributed by atoms with E-state index in [0.717, 1.165) is 9.54 Å². The zero-order chi connectivity index (χ0) is 28.2. The van der Waals surface area contributed by atoms with E-state index in [0.29, 0.717) is 39.3 Å². The van der Waals surface area contributed by atoms with Crippen molar-refractivity contribution in [1.29, 1.82) is 0 Å². The summed E-state index contributed by atoms with van der Waals surface area (Å²) in [5.41, 5.74) is 2.63. The van der Waals surface area contributed by atoms with Crippen LogP contribution in [0.15, 0.2) is 65.7 Å². The molecule has 0 radical (unpaired) electrons. The van der Waals surface area contributed by atoms with Crippen LogP contribution in [0.25, 0.3) is 10.9 Å². The van der Waals surface area contributed by atoms with E-state index in [1.165, 1.54) is 25.4 Å². The van der Waals surface area contributed by atoms with Crippen molar-refractivity contribution >= 4 is 26.9 Å². The van der Waals surface area contributed by atoms with Gasteiger partial charge in [-0.3, -0.25) is 14.9 Å². The molecule has 6 rings (SSSR count). The van der Waals surface area contributed by atoms with Gasteiger partial charge in [0.05, 0.1) is 17.5 Å². The predicted molar refractivity (Wildman–Crippen MR) is 142 cm³/mol. The Morgan fingerprint density at radius 3 is 2.52 bits per heavy atom. The lowest BCUT2D eigenvalue weighted by atomic mass is 9.88. The maximum atomic E-state index is 13.8. The SMILES string of the molecule is COC(=O)[C@@H]1c2c(ccc3c2c(CC[N+](=O)[O-])cn3S(=O)(=O)c2ccc(C)cc2)O[C@H]1c1ccc2c(c1)OCO2. The van der Waals surface area contributed by atoms with Gasteiger partial charge >= 0.3 is 5.97 Å². The molecule has 0 spiro atoms. The monoisotopic (exact) mass is 564 g/mol. The minimum absolute atomic E-state index is 0.0566. The fourth-order valence-electron chi connectivity index (χ4n) is 5.30. The third-order valence-electron chi connectivity index (χ3n) is 7.20. The summed E-state index contributed by atoms with van der Waals surface area (Å²) in [6.07, 6.45) is 0.521. The summed E-state index contributed by atoms with van der Waals surface area (Å²) >= 11 is 0. The summed E-state index contributed by atoms with van der Waals surface area (Å²) in [4.78, 5) is 24.2. The van der Waals surface area contributed by atoms with Gasteiger partial charge in [-0.2, -0.15) is 0 Å². The smallest absolute Gasteiger partial charge is 0.317 e. The van der Waals surface area contributed by atoms with E-state index in [2.05, 4.69) is 0 Å². The van der Waals surface area contributed by atoms with Crippen LogP contribution in [0, 0.1) is 17.0 Å². The number of aromatic nitrogens is 1. The third-order valence-corrected chi connectivity index (χ3v) is 8.89. The highest BCUT2D eigenvalue weighted by atomic mass is 32.2. The Hall–Kier alpha value is -4.58. The van der Waals surface area contributed by atoms with Gasteiger partial charge in [0.25, 0.3) is 10.0 Å². The minimum atomic E-state index is -4.07. The van der Waals surface area contributed by atoms with Crippen molar-refractivity contribution < 1.29 is 37.1 Å². The molecule has 0 amide bonds. The summed E-state index contributed by atoms with van der Waals surface area (Å²) in [6.45, 7) is 1.50. The predicted octanol–water partition coefficient (Wildman–Crippen LogP) is 4.12. The number of rotatable bonds is 7. The van der Waals surface area contributed by atoms with Crippen LogP contribution >= 0.6 is 0 Å². The van der Waals surface area contributed by atoms with Crippen LogP contribution in [0.1, 0.15) is 34.3 Å². The summed E-state index contributed by atoms with van der Waals surface area (Å²) in [5.74, 6) is -0.136. The second-order valence-electron chi connectivity index (χ2n) is 9.60. The van der Waals surface area contributed by atoms with Crippen molar-refractivity contribution in [3.05, 3.63) is 93.2 Å². The highest BCUT2D eigenvalue weighted by Crippen LogP contribution is 2.52. The number of methoxy groups -OCH3 is 1. The number of aryl methyl sites for hydroxylation is 1. The molecule has 0 fully saturated rings. The highest BCUT2D eigenvalue weighted by Gasteiger charge is 2.44. The number of carbonyl (C=O) groups excluding carboxylic acids is 1. The van der Waals surface area contributed by atoms with Gasteiger partial charge in [-0.15, -0.1) is 0 Å². The van der Waals surface area contributed by atoms with Gasteiger partial charge < -0.3 is 18.9 Å². The molecule has 2 atom stereocenters. The molecule has 40 heavy (non-hydrogen) atoms. The third kappa shape index (κ3) is 4.11. The normalized spacial score (nSPS) is 17.4. The fraction of sp³-hybridized carbons (Fsp3) is 0.250. The Morgan fingerprint density at radius 1 is 1.07 bits per heavy atom. The molecule has 3 heterocycles. The molecular formula is C28H24N2O9S. The number of fused-ring (bicyclic) bond motifs is 4. The molecule has 4 aromatic rings. The number of carbonyl (C=O) groups is 1. The molecule has 0 unspecified atom stereocenters. The first kappa shape index (κ1) is 25.7. The van der Waals surface area contributed by atoms with Crippen LogP contribution in [0.2, 0.25) is 0 Å². The molecule has 0 saturated carbocycles. The van der Waals surface area contributed by atoms with Crippen LogP contribution in [-0.4, -0.2) is 43.7 Å². The maximum Gasteiger partial charge on any atom is 0.317 e. The lowest BCUT2D eigenvalue weighted by Crippen LogP contribution is -2.20. The summed E-state index contributed by atoms with van der Waals surface area (Å²) < 4.78 is 51.0. The van der Waals surface area contributed by atoms with Crippen molar-refractivity contribution in [2.75, 3.05) is 20.4 Å². The number of ether oxygens (including phenoxy) is 4. The van der Waals surface area contributed by atoms with Crippen molar-refractivity contribution in [2.24, 2.45) is 0 Å². The molecular weight excluding hydrogens is 540 g/mol. The summed E-state index contributed by atoms with van der Waals surface area (Å²) in [6, 6.07) is 14.8. The Labute approximate surface area is 229 Å². The van der Waals surface area contributed by atoms with Gasteiger partial charge in [0.1, 0.15) is 17.8 Å². The summed E-state index contributed by atoms with van der Waals surface area (Å²) in [7, 11) is -2.81. The fourth-order valence-corrected chi connectivity index (χ4v) is 6.68. The molecule has 12 heteroatoms. The first-order valence-corrected chi connectivity index (χ1v) is 13.9. The van der Waals surface area contributed by atoms with Crippen LogP contribution < -0.4 is 14.2 Å². The molecule has 0 N–H and O–H groups in total. The number of benzene rings is 3. The molecule has 0 bridgehead atoms. The van der Waals surface area contributed by atoms with Gasteiger partial charge in [-0.1, -0.05) is 23.8 Å². The van der Waals surface area contributed by atoms with Gasteiger partial charge in [-0.25, -0.2) is 12.4 Å². The van der Waals surface area contributed by atoms with Crippen molar-refractivity contribution in [2.45, 2.75) is 30.3 Å². The van der Waals surface area contributed by atoms with E-state index in [1.807, 2.05) is 6.92 Å². The summed E-state index contributed by atoms with van der Waals surface area (Å²) in [5, 5.41) is 11.7. The second-order valence-corrected chi connectivity index (χ2v) is 11.4. The Balaban J connectivity index is 1.56. The lowest BCUT2D eigenvalue weighted by molar-refractivity contribution is -0.479. The number of esters is 1. The van der Waals surface area contributed by atoms with E-state index < -0.39 is 39.5 Å². The van der Waals surface area contributed by atoms with Crippen LogP contribution in [0.5, 0.6) is 17.2 Å². The van der Waals surface area contributed by atoms with Crippen LogP contribution in [0.3, 0.4) is 0 Å². The molecule has 1 aromatic heterocycles. The van der Waals surface area contributed by atoms with Crippen LogP contribution in [-0.2, 0) is 26.0 Å². The van der Waals surface area contributed by atoms with E-state index in [9.17, 15) is 23.3 Å². The quantitative estimate of drug-likeness (QED) is 0.184. The molecule has 3 aromatic carbocycles. The first-order valence-electron chi connectivity index (χ1n) is 12.4. The number of nitrogens with zero attached hydrogens (tertiary/aromatic N) is 2. The van der Waals surface area contributed by atoms with E-state index in [4.69, 9.17) is 18.9 Å². The number of hydrogen-bond donors (Lipinski definition) is 0. The van der Waals surface area contributed by atoms with E-state index in [-0.39, 0.29) is 23.6 Å². The average Bonchev–Trinajstić information content (AvgIpc) is 3.66. The highest BCUT2D eigenvalue weighted by molar-refractivity contribution is 7.90. The van der Waals surface area contributed by atoms with Gasteiger partial charge in [0, 0.05) is 28.5 Å². The van der Waals surface area contributed by atoms with Crippen molar-refractivity contribution in [3.63, 3.8) is 0 Å². The minimum Gasteiger partial charge on any atom is -0.484 e. The van der Waals surface area contributed by atoms with Gasteiger partial charge in [-0.05, 0) is 54.4 Å². The Morgan fingerprint density at radius 2 is 1.80 bits per heavy atom. The van der Waals surface area contributed by atoms with Gasteiger partial charge in [0.2, 0.25) is 13.3 Å². The molecule has 206 valence electrons. The average molecular weight is 565 g/mol. The molecule has 2 aliphatic rings.